The molecule has 0 heterocycles. The molecule has 0 saturated heterocycles. The Morgan fingerprint density at radius 2 is 1.19 bits per heavy atom. The predicted octanol–water partition coefficient (Wildman–Crippen LogP) is 1.89. The van der Waals surface area contributed by atoms with E-state index < -0.39 is 65.9 Å². The van der Waals surface area contributed by atoms with Gasteiger partial charge in [0.05, 0.1) is 12.5 Å². The third-order valence-corrected chi connectivity index (χ3v) is 6.92. The summed E-state index contributed by atoms with van der Waals surface area (Å²) < 4.78 is 5.19. The van der Waals surface area contributed by atoms with Crippen LogP contribution >= 0.6 is 0 Å². The topological polar surface area (TPSA) is 189 Å². The molecule has 5 amide bonds. The van der Waals surface area contributed by atoms with Crippen LogP contribution in [0.2, 0.25) is 0 Å². The molecule has 0 unspecified atom stereocenters. The maximum atomic E-state index is 13.5. The molecule has 7 N–H and O–H groups in total. The van der Waals surface area contributed by atoms with E-state index in [0.717, 1.165) is 5.56 Å². The molecule has 0 saturated carbocycles. The number of ether oxygens (including phenoxy) is 1. The minimum atomic E-state index is -1.83. The summed E-state index contributed by atoms with van der Waals surface area (Å²) in [6.45, 7) is 5.34. The predicted molar refractivity (Wildman–Crippen MR) is 175 cm³/mol. The molecular weight excluding hydrogens is 602 g/mol. The van der Waals surface area contributed by atoms with Crippen LogP contribution in [0.4, 0.5) is 4.79 Å². The van der Waals surface area contributed by atoms with Crippen LogP contribution in [0, 0.1) is 0 Å². The summed E-state index contributed by atoms with van der Waals surface area (Å²) >= 11 is 0. The number of alkyl carbamates (subject to hydrolysis) is 1. The fraction of sp³-hybridized carbons (Fsp3) is 0.343. The Labute approximate surface area is 274 Å². The van der Waals surface area contributed by atoms with Crippen LogP contribution < -0.4 is 27.0 Å². The van der Waals surface area contributed by atoms with E-state index in [0.29, 0.717) is 11.1 Å². The number of hydrogen-bond donors (Lipinski definition) is 6. The molecule has 3 aromatic carbocycles. The highest BCUT2D eigenvalue weighted by Gasteiger charge is 2.34. The maximum absolute atomic E-state index is 13.5. The third-order valence-electron chi connectivity index (χ3n) is 6.92. The lowest BCUT2D eigenvalue weighted by Gasteiger charge is -2.29. The SMILES string of the molecule is CC(C)(C)NC(=O)[C@H](Cc1ccccc1)NC(=O)[C@@H](O)[C@H](Cc1ccccc1)NC(=O)[C@H](CC(N)=O)NC(=O)OCc1ccccc1. The normalized spacial score (nSPS) is 13.6. The number of primary amides is 1. The van der Waals surface area contributed by atoms with Gasteiger partial charge in [0.15, 0.2) is 6.10 Å². The van der Waals surface area contributed by atoms with E-state index >= 15 is 0 Å². The van der Waals surface area contributed by atoms with Crippen molar-refractivity contribution < 1.29 is 33.8 Å². The Balaban J connectivity index is 1.79. The van der Waals surface area contributed by atoms with Gasteiger partial charge in [0.2, 0.25) is 17.7 Å². The Hall–Kier alpha value is -5.23. The van der Waals surface area contributed by atoms with Gasteiger partial charge in [-0.25, -0.2) is 4.79 Å². The van der Waals surface area contributed by atoms with Crippen molar-refractivity contribution in [3.63, 3.8) is 0 Å². The second-order valence-corrected chi connectivity index (χ2v) is 12.2. The largest absolute Gasteiger partial charge is 0.445 e. The Morgan fingerprint density at radius 3 is 1.70 bits per heavy atom. The molecule has 47 heavy (non-hydrogen) atoms. The molecule has 3 aromatic rings. The van der Waals surface area contributed by atoms with Crippen LogP contribution in [0.5, 0.6) is 0 Å². The summed E-state index contributed by atoms with van der Waals surface area (Å²) in [6.07, 6.45) is -3.23. The zero-order valence-corrected chi connectivity index (χ0v) is 26.8. The van der Waals surface area contributed by atoms with Gasteiger partial charge in [-0.1, -0.05) is 91.0 Å². The fourth-order valence-corrected chi connectivity index (χ4v) is 4.67. The molecular formula is C35H43N5O7. The van der Waals surface area contributed by atoms with Gasteiger partial charge >= 0.3 is 6.09 Å². The molecule has 0 fully saturated rings. The molecule has 0 bridgehead atoms. The van der Waals surface area contributed by atoms with E-state index in [9.17, 15) is 29.1 Å². The van der Waals surface area contributed by atoms with Crippen molar-refractivity contribution in [1.29, 1.82) is 0 Å². The maximum Gasteiger partial charge on any atom is 0.408 e. The van der Waals surface area contributed by atoms with Gasteiger partial charge in [-0.2, -0.15) is 0 Å². The van der Waals surface area contributed by atoms with Crippen LogP contribution in [-0.4, -0.2) is 64.6 Å². The average Bonchev–Trinajstić information content (AvgIpc) is 3.03. The van der Waals surface area contributed by atoms with Crippen molar-refractivity contribution in [2.24, 2.45) is 5.73 Å². The van der Waals surface area contributed by atoms with Crippen LogP contribution in [-0.2, 0) is 43.4 Å². The minimum Gasteiger partial charge on any atom is -0.445 e. The van der Waals surface area contributed by atoms with Crippen LogP contribution in [0.15, 0.2) is 91.0 Å². The highest BCUT2D eigenvalue weighted by atomic mass is 16.5. The van der Waals surface area contributed by atoms with Gasteiger partial charge in [0.25, 0.3) is 5.91 Å². The monoisotopic (exact) mass is 645 g/mol. The van der Waals surface area contributed by atoms with E-state index in [4.69, 9.17) is 10.5 Å². The number of nitrogens with two attached hydrogens (primary N) is 1. The number of carbonyl (C=O) groups is 5. The number of aliphatic hydroxyl groups excluding tert-OH is 1. The van der Waals surface area contributed by atoms with Crippen molar-refractivity contribution in [1.82, 2.24) is 21.3 Å². The standard InChI is InChI=1S/C35H43N5O7/c1-35(2,3)40-32(44)27(20-24-15-9-5-10-16-24)38-33(45)30(42)26(19-23-13-7-4-8-14-23)37-31(43)28(21-29(36)41)39-34(46)47-22-25-17-11-6-12-18-25/h4-18,26-28,30,42H,19-22H2,1-3H3,(H2,36,41)(H,37,43)(H,38,45)(H,39,46)(H,40,44)/t26-,27-,28-,30-/m0/s1. The molecule has 0 radical (unpaired) electrons. The summed E-state index contributed by atoms with van der Waals surface area (Å²) in [6, 6.07) is 23.0. The van der Waals surface area contributed by atoms with E-state index in [1.165, 1.54) is 0 Å². The molecule has 0 aliphatic rings. The first kappa shape index (κ1) is 36.2. The molecule has 4 atom stereocenters. The summed E-state index contributed by atoms with van der Waals surface area (Å²) in [5, 5.41) is 21.7. The quantitative estimate of drug-likeness (QED) is 0.146. The van der Waals surface area contributed by atoms with E-state index in [-0.39, 0.29) is 19.4 Å². The summed E-state index contributed by atoms with van der Waals surface area (Å²) in [5.74, 6) is -3.11. The Bertz CT molecular complexity index is 1480. The molecule has 250 valence electrons. The first-order valence-electron chi connectivity index (χ1n) is 15.2. The first-order chi connectivity index (χ1) is 22.3. The van der Waals surface area contributed by atoms with Crippen molar-refractivity contribution in [3.05, 3.63) is 108 Å². The van der Waals surface area contributed by atoms with Crippen molar-refractivity contribution in [3.8, 4) is 0 Å². The Morgan fingerprint density at radius 1 is 0.681 bits per heavy atom. The fourth-order valence-electron chi connectivity index (χ4n) is 4.67. The van der Waals surface area contributed by atoms with E-state index in [1.54, 1.807) is 81.4 Å². The van der Waals surface area contributed by atoms with Crippen molar-refractivity contribution >= 4 is 29.7 Å². The molecule has 0 spiro atoms. The number of nitrogens with one attached hydrogen (secondary N) is 4. The van der Waals surface area contributed by atoms with Crippen LogP contribution in [0.25, 0.3) is 0 Å². The highest BCUT2D eigenvalue weighted by Crippen LogP contribution is 2.11. The summed E-state index contributed by atoms with van der Waals surface area (Å²) in [5.41, 5.74) is 6.94. The van der Waals surface area contributed by atoms with Gasteiger partial charge in [0.1, 0.15) is 18.7 Å². The van der Waals surface area contributed by atoms with E-state index in [1.807, 2.05) is 30.3 Å². The number of amides is 5. The molecule has 12 nitrogen and oxygen atoms in total. The highest BCUT2D eigenvalue weighted by molar-refractivity contribution is 5.92. The van der Waals surface area contributed by atoms with Crippen LogP contribution in [0.1, 0.15) is 43.9 Å². The van der Waals surface area contributed by atoms with Gasteiger partial charge in [-0.3, -0.25) is 19.2 Å². The summed E-state index contributed by atoms with van der Waals surface area (Å²) in [7, 11) is 0. The second kappa shape index (κ2) is 17.5. The number of benzene rings is 3. The Kier molecular flexibility index (Phi) is 13.5. The second-order valence-electron chi connectivity index (χ2n) is 12.2. The molecule has 0 aliphatic carbocycles. The van der Waals surface area contributed by atoms with Crippen molar-refractivity contribution in [2.45, 2.75) is 76.4 Å². The lowest BCUT2D eigenvalue weighted by atomic mass is 9.98. The average molecular weight is 646 g/mol. The summed E-state index contributed by atoms with van der Waals surface area (Å²) in [4.78, 5) is 64.6. The lowest BCUT2D eigenvalue weighted by Crippen LogP contribution is -2.59. The van der Waals surface area contributed by atoms with Gasteiger partial charge in [0, 0.05) is 12.0 Å². The van der Waals surface area contributed by atoms with Gasteiger partial charge in [-0.05, 0) is 43.9 Å². The zero-order chi connectivity index (χ0) is 34.4. The molecule has 0 aromatic heterocycles. The molecule has 0 aliphatic heterocycles. The van der Waals surface area contributed by atoms with Crippen LogP contribution in [0.3, 0.4) is 0 Å². The number of rotatable bonds is 15. The first-order valence-corrected chi connectivity index (χ1v) is 15.2. The minimum absolute atomic E-state index is 0.000448. The number of carbonyl (C=O) groups excluding carboxylic acids is 5. The molecule has 12 heteroatoms. The van der Waals surface area contributed by atoms with Gasteiger partial charge in [-0.15, -0.1) is 0 Å². The number of hydrogen-bond acceptors (Lipinski definition) is 7. The lowest BCUT2D eigenvalue weighted by molar-refractivity contribution is -0.137. The van der Waals surface area contributed by atoms with Crippen molar-refractivity contribution in [2.75, 3.05) is 0 Å². The molecule has 3 rings (SSSR count). The van der Waals surface area contributed by atoms with Gasteiger partial charge < -0.3 is 36.8 Å². The van der Waals surface area contributed by atoms with E-state index in [2.05, 4.69) is 21.3 Å². The third kappa shape index (κ3) is 13.0. The number of aliphatic hydroxyl groups is 1. The zero-order valence-electron chi connectivity index (χ0n) is 26.8. The smallest absolute Gasteiger partial charge is 0.408 e.